The number of rotatable bonds is 4. The van der Waals surface area contributed by atoms with Gasteiger partial charge in [-0.2, -0.15) is 0 Å². The molecule has 0 bridgehead atoms. The molecule has 1 amide bonds. The number of hydrogen-bond acceptors (Lipinski definition) is 4. The van der Waals surface area contributed by atoms with E-state index in [1.807, 2.05) is 0 Å². The number of benzene rings is 1. The van der Waals surface area contributed by atoms with E-state index in [0.717, 1.165) is 0 Å². The molecule has 0 unspecified atom stereocenters. The molecule has 0 fully saturated rings. The molecular formula is C9H11ClFN3O2. The van der Waals surface area contributed by atoms with Crippen LogP contribution in [0.3, 0.4) is 0 Å². The molecule has 0 spiro atoms. The fraction of sp³-hybridized carbons (Fsp3) is 0.222. The fourth-order valence-corrected chi connectivity index (χ4v) is 1.22. The van der Waals surface area contributed by atoms with Crippen molar-refractivity contribution in [1.29, 1.82) is 0 Å². The summed E-state index contributed by atoms with van der Waals surface area (Å²) in [5.74, 6) is -0.575. The van der Waals surface area contributed by atoms with Crippen LogP contribution in [0.4, 0.5) is 20.6 Å². The average molecular weight is 248 g/mol. The van der Waals surface area contributed by atoms with Crippen molar-refractivity contribution in [2.24, 2.45) is 5.73 Å². The zero-order valence-electron chi connectivity index (χ0n) is 8.30. The Morgan fingerprint density at radius 2 is 2.25 bits per heavy atom. The van der Waals surface area contributed by atoms with E-state index in [-0.39, 0.29) is 18.2 Å². The predicted octanol–water partition coefficient (Wildman–Crippen LogP) is 1.57. The topological polar surface area (TPSA) is 90.4 Å². The van der Waals surface area contributed by atoms with Gasteiger partial charge < -0.3 is 21.5 Å². The van der Waals surface area contributed by atoms with E-state index in [0.29, 0.717) is 11.4 Å². The second-order valence-corrected chi connectivity index (χ2v) is 3.36. The standard InChI is InChI=1S/C9H11ClFN3O2/c10-5-3-7(12)8(4-6(5)11)14-1-2-16-9(13)15/h3-4,14H,1-2,12H2,(H2,13,15). The number of anilines is 2. The number of nitrogen functional groups attached to an aromatic ring is 1. The van der Waals surface area contributed by atoms with Crippen LogP contribution in [0, 0.1) is 5.82 Å². The number of ether oxygens (including phenoxy) is 1. The Balaban J connectivity index is 2.54. The lowest BCUT2D eigenvalue weighted by Crippen LogP contribution is -2.18. The Bertz CT molecular complexity index is 401. The zero-order chi connectivity index (χ0) is 12.1. The normalized spacial score (nSPS) is 9.88. The Morgan fingerprint density at radius 3 is 2.88 bits per heavy atom. The molecule has 1 aromatic carbocycles. The van der Waals surface area contributed by atoms with Gasteiger partial charge in [0.1, 0.15) is 12.4 Å². The summed E-state index contributed by atoms with van der Waals surface area (Å²) in [4.78, 5) is 10.2. The van der Waals surface area contributed by atoms with E-state index in [2.05, 4.69) is 10.1 Å². The summed E-state index contributed by atoms with van der Waals surface area (Å²) in [6.45, 7) is 0.341. The summed E-state index contributed by atoms with van der Waals surface area (Å²) < 4.78 is 17.5. The predicted molar refractivity (Wildman–Crippen MR) is 59.8 cm³/mol. The van der Waals surface area contributed by atoms with Crippen LogP contribution in [-0.2, 0) is 4.74 Å². The molecule has 0 aliphatic rings. The monoisotopic (exact) mass is 247 g/mol. The highest BCUT2D eigenvalue weighted by molar-refractivity contribution is 6.31. The summed E-state index contributed by atoms with van der Waals surface area (Å²) in [7, 11) is 0. The molecule has 5 nitrogen and oxygen atoms in total. The van der Waals surface area contributed by atoms with Crippen LogP contribution < -0.4 is 16.8 Å². The van der Waals surface area contributed by atoms with Gasteiger partial charge in [-0.25, -0.2) is 9.18 Å². The third-order valence-corrected chi connectivity index (χ3v) is 2.04. The number of primary amides is 1. The van der Waals surface area contributed by atoms with Gasteiger partial charge in [-0.15, -0.1) is 0 Å². The molecule has 0 aliphatic carbocycles. The Hall–Kier alpha value is -1.69. The van der Waals surface area contributed by atoms with Crippen LogP contribution in [0.25, 0.3) is 0 Å². The maximum atomic E-state index is 13.1. The minimum Gasteiger partial charge on any atom is -0.448 e. The number of halogens is 2. The molecule has 0 atom stereocenters. The molecule has 1 aromatic rings. The molecule has 5 N–H and O–H groups in total. The van der Waals surface area contributed by atoms with Crippen molar-refractivity contribution < 1.29 is 13.9 Å². The molecule has 1 rings (SSSR count). The largest absolute Gasteiger partial charge is 0.448 e. The van der Waals surface area contributed by atoms with Gasteiger partial charge in [0.2, 0.25) is 0 Å². The van der Waals surface area contributed by atoms with Crippen LogP contribution in [0.2, 0.25) is 5.02 Å². The maximum Gasteiger partial charge on any atom is 0.404 e. The summed E-state index contributed by atoms with van der Waals surface area (Å²) >= 11 is 5.52. The van der Waals surface area contributed by atoms with E-state index in [4.69, 9.17) is 23.1 Å². The van der Waals surface area contributed by atoms with E-state index >= 15 is 0 Å². The number of amides is 1. The fourth-order valence-electron chi connectivity index (χ4n) is 1.05. The van der Waals surface area contributed by atoms with E-state index in [1.165, 1.54) is 12.1 Å². The molecule has 0 radical (unpaired) electrons. The summed E-state index contributed by atoms with van der Waals surface area (Å²) in [6, 6.07) is 2.47. The maximum absolute atomic E-state index is 13.1. The molecule has 0 saturated heterocycles. The van der Waals surface area contributed by atoms with Crippen LogP contribution in [0.1, 0.15) is 0 Å². The van der Waals surface area contributed by atoms with Crippen LogP contribution in [0.15, 0.2) is 12.1 Å². The lowest BCUT2D eigenvalue weighted by molar-refractivity contribution is 0.161. The SMILES string of the molecule is NC(=O)OCCNc1cc(F)c(Cl)cc1N. The molecule has 7 heteroatoms. The number of carbonyl (C=O) groups excluding carboxylic acids is 1. The van der Waals surface area contributed by atoms with Crippen molar-refractivity contribution in [3.05, 3.63) is 23.0 Å². The summed E-state index contributed by atoms with van der Waals surface area (Å²) in [6.07, 6.45) is -0.864. The second kappa shape index (κ2) is 5.41. The van der Waals surface area contributed by atoms with Gasteiger partial charge in [0.15, 0.2) is 0 Å². The van der Waals surface area contributed by atoms with Gasteiger partial charge in [0.25, 0.3) is 0 Å². The number of carbonyl (C=O) groups is 1. The Labute approximate surface area is 96.5 Å². The minimum atomic E-state index is -0.864. The smallest absolute Gasteiger partial charge is 0.404 e. The molecule has 88 valence electrons. The number of nitrogens with two attached hydrogens (primary N) is 2. The van der Waals surface area contributed by atoms with Crippen LogP contribution in [-0.4, -0.2) is 19.2 Å². The molecule has 0 aliphatic heterocycles. The van der Waals surface area contributed by atoms with Gasteiger partial charge in [-0.3, -0.25) is 0 Å². The van der Waals surface area contributed by atoms with Gasteiger partial charge in [0.05, 0.1) is 16.4 Å². The first kappa shape index (κ1) is 12.4. The minimum absolute atomic E-state index is 0.0450. The molecule has 16 heavy (non-hydrogen) atoms. The summed E-state index contributed by atoms with van der Waals surface area (Å²) in [5.41, 5.74) is 11.0. The molecule has 0 saturated carbocycles. The Morgan fingerprint density at radius 1 is 1.56 bits per heavy atom. The van der Waals surface area contributed by atoms with Crippen molar-refractivity contribution in [2.75, 3.05) is 24.2 Å². The lowest BCUT2D eigenvalue weighted by Gasteiger charge is -2.09. The van der Waals surface area contributed by atoms with Gasteiger partial charge in [0, 0.05) is 12.6 Å². The second-order valence-electron chi connectivity index (χ2n) is 2.95. The quantitative estimate of drug-likeness (QED) is 0.556. The van der Waals surface area contributed by atoms with Gasteiger partial charge in [-0.1, -0.05) is 11.6 Å². The molecule has 0 heterocycles. The Kier molecular flexibility index (Phi) is 4.19. The first-order valence-corrected chi connectivity index (χ1v) is 4.79. The summed E-state index contributed by atoms with van der Waals surface area (Å²) in [5, 5.41) is 2.73. The van der Waals surface area contributed by atoms with Crippen LogP contribution in [0.5, 0.6) is 0 Å². The lowest BCUT2D eigenvalue weighted by atomic mass is 10.2. The van der Waals surface area contributed by atoms with Crippen LogP contribution >= 0.6 is 11.6 Å². The van der Waals surface area contributed by atoms with Crippen molar-refractivity contribution in [3.8, 4) is 0 Å². The average Bonchev–Trinajstić information content (AvgIpc) is 2.19. The molecular weight excluding hydrogens is 237 g/mol. The van der Waals surface area contributed by atoms with Crippen molar-refractivity contribution in [3.63, 3.8) is 0 Å². The van der Waals surface area contributed by atoms with Gasteiger partial charge in [-0.05, 0) is 6.07 Å². The first-order chi connectivity index (χ1) is 7.50. The van der Waals surface area contributed by atoms with E-state index in [1.54, 1.807) is 0 Å². The third-order valence-electron chi connectivity index (χ3n) is 1.75. The highest BCUT2D eigenvalue weighted by atomic mass is 35.5. The number of nitrogens with one attached hydrogen (secondary N) is 1. The van der Waals surface area contributed by atoms with E-state index < -0.39 is 11.9 Å². The first-order valence-electron chi connectivity index (χ1n) is 4.41. The molecule has 0 aromatic heterocycles. The highest BCUT2D eigenvalue weighted by Gasteiger charge is 2.05. The van der Waals surface area contributed by atoms with E-state index in [9.17, 15) is 9.18 Å². The highest BCUT2D eigenvalue weighted by Crippen LogP contribution is 2.25. The zero-order valence-corrected chi connectivity index (χ0v) is 9.05. The van der Waals surface area contributed by atoms with Crippen molar-refractivity contribution in [2.45, 2.75) is 0 Å². The number of hydrogen-bond donors (Lipinski definition) is 3. The van der Waals surface area contributed by atoms with Gasteiger partial charge >= 0.3 is 6.09 Å². The van der Waals surface area contributed by atoms with Crippen molar-refractivity contribution in [1.82, 2.24) is 0 Å². The third kappa shape index (κ3) is 3.47. The van der Waals surface area contributed by atoms with Crippen molar-refractivity contribution >= 4 is 29.1 Å².